The Kier molecular flexibility index (Phi) is 4.61. The number of benzene rings is 1. The summed E-state index contributed by atoms with van der Waals surface area (Å²) in [4.78, 5) is 16.0. The molecule has 0 radical (unpaired) electrons. The lowest BCUT2D eigenvalue weighted by Crippen LogP contribution is -2.49. The van der Waals surface area contributed by atoms with Crippen molar-refractivity contribution in [3.8, 4) is 0 Å². The second-order valence-corrected chi connectivity index (χ2v) is 5.36. The van der Waals surface area contributed by atoms with E-state index in [4.69, 9.17) is 11.6 Å². The van der Waals surface area contributed by atoms with Gasteiger partial charge in [-0.25, -0.2) is 0 Å². The molecule has 1 aromatic rings. The molecule has 1 atom stereocenters. The van der Waals surface area contributed by atoms with Gasteiger partial charge >= 0.3 is 0 Å². The molecule has 1 heterocycles. The number of amides is 1. The molecule has 0 aromatic heterocycles. The zero-order valence-electron chi connectivity index (χ0n) is 10.7. The first-order valence-corrected chi connectivity index (χ1v) is 6.79. The van der Waals surface area contributed by atoms with Gasteiger partial charge in [-0.15, -0.1) is 11.6 Å². The number of carbonyl (C=O) groups excluding carboxylic acids is 1. The van der Waals surface area contributed by atoms with Crippen molar-refractivity contribution in [1.82, 2.24) is 9.80 Å². The number of halogens is 1. The van der Waals surface area contributed by atoms with Crippen molar-refractivity contribution >= 4 is 17.5 Å². The van der Waals surface area contributed by atoms with Gasteiger partial charge < -0.3 is 4.90 Å². The second kappa shape index (κ2) is 6.21. The van der Waals surface area contributed by atoms with Crippen LogP contribution in [0.1, 0.15) is 12.5 Å². The van der Waals surface area contributed by atoms with E-state index in [9.17, 15) is 4.79 Å². The number of hydrogen-bond donors (Lipinski definition) is 0. The average Bonchev–Trinajstić information content (AvgIpc) is 2.40. The quantitative estimate of drug-likeness (QED) is 0.781. The van der Waals surface area contributed by atoms with Crippen LogP contribution < -0.4 is 0 Å². The minimum Gasteiger partial charge on any atom is -0.339 e. The summed E-state index contributed by atoms with van der Waals surface area (Å²) in [6.45, 7) is 6.10. The molecule has 1 fully saturated rings. The van der Waals surface area contributed by atoms with Gasteiger partial charge in [0.1, 0.15) is 5.38 Å². The van der Waals surface area contributed by atoms with Gasteiger partial charge in [-0.2, -0.15) is 0 Å². The Balaban J connectivity index is 1.82. The van der Waals surface area contributed by atoms with E-state index < -0.39 is 5.38 Å². The number of piperazine rings is 1. The molecule has 0 unspecified atom stereocenters. The van der Waals surface area contributed by atoms with Crippen LogP contribution >= 0.6 is 11.6 Å². The standard InChI is InChI=1S/C14H19ClN2O/c1-12(15)14(18)17-9-7-16(8-10-17)11-13-5-3-2-4-6-13/h2-6,12H,7-11H2,1H3/t12-/m0/s1. The molecule has 3 nitrogen and oxygen atoms in total. The Bertz CT molecular complexity index is 386. The summed E-state index contributed by atoms with van der Waals surface area (Å²) in [5.41, 5.74) is 1.32. The van der Waals surface area contributed by atoms with Crippen molar-refractivity contribution in [2.75, 3.05) is 26.2 Å². The summed E-state index contributed by atoms with van der Waals surface area (Å²) < 4.78 is 0. The summed E-state index contributed by atoms with van der Waals surface area (Å²) in [7, 11) is 0. The highest BCUT2D eigenvalue weighted by molar-refractivity contribution is 6.30. The summed E-state index contributed by atoms with van der Waals surface area (Å²) in [6.07, 6.45) is 0. The Morgan fingerprint density at radius 3 is 2.39 bits per heavy atom. The van der Waals surface area contributed by atoms with Crippen molar-refractivity contribution in [2.24, 2.45) is 0 Å². The summed E-state index contributed by atoms with van der Waals surface area (Å²) >= 11 is 5.82. The van der Waals surface area contributed by atoms with E-state index in [1.54, 1.807) is 6.92 Å². The molecule has 0 spiro atoms. The lowest BCUT2D eigenvalue weighted by Gasteiger charge is -2.35. The number of rotatable bonds is 3. The molecule has 4 heteroatoms. The first-order valence-electron chi connectivity index (χ1n) is 6.36. The summed E-state index contributed by atoms with van der Waals surface area (Å²) in [5.74, 6) is 0.0519. The van der Waals surface area contributed by atoms with Crippen LogP contribution in [-0.2, 0) is 11.3 Å². The fourth-order valence-electron chi connectivity index (χ4n) is 2.22. The van der Waals surface area contributed by atoms with Crippen LogP contribution in [0.3, 0.4) is 0 Å². The van der Waals surface area contributed by atoms with Crippen molar-refractivity contribution in [1.29, 1.82) is 0 Å². The number of hydrogen-bond acceptors (Lipinski definition) is 2. The predicted octanol–water partition coefficient (Wildman–Crippen LogP) is 1.96. The van der Waals surface area contributed by atoms with Gasteiger partial charge in [-0.1, -0.05) is 30.3 Å². The van der Waals surface area contributed by atoms with Crippen molar-refractivity contribution in [3.63, 3.8) is 0 Å². The topological polar surface area (TPSA) is 23.6 Å². The molecule has 0 N–H and O–H groups in total. The zero-order chi connectivity index (χ0) is 13.0. The first-order chi connectivity index (χ1) is 8.66. The van der Waals surface area contributed by atoms with Crippen LogP contribution in [-0.4, -0.2) is 47.3 Å². The van der Waals surface area contributed by atoms with Crippen LogP contribution in [0.25, 0.3) is 0 Å². The smallest absolute Gasteiger partial charge is 0.240 e. The molecule has 1 saturated heterocycles. The first kappa shape index (κ1) is 13.4. The maximum absolute atomic E-state index is 11.7. The van der Waals surface area contributed by atoms with Gasteiger partial charge in [0.2, 0.25) is 5.91 Å². The van der Waals surface area contributed by atoms with E-state index in [0.29, 0.717) is 0 Å². The SMILES string of the molecule is C[C@H](Cl)C(=O)N1CCN(Cc2ccccc2)CC1. The van der Waals surface area contributed by atoms with Crippen LogP contribution in [0.4, 0.5) is 0 Å². The molecule has 1 aliphatic heterocycles. The zero-order valence-corrected chi connectivity index (χ0v) is 11.4. The normalized spacial score (nSPS) is 18.7. The van der Waals surface area contributed by atoms with Crippen LogP contribution in [0.2, 0.25) is 0 Å². The molecule has 1 amide bonds. The number of nitrogens with zero attached hydrogens (tertiary/aromatic N) is 2. The second-order valence-electron chi connectivity index (χ2n) is 4.70. The highest BCUT2D eigenvalue weighted by Gasteiger charge is 2.23. The fourth-order valence-corrected chi connectivity index (χ4v) is 2.36. The molecular formula is C14H19ClN2O. The van der Waals surface area contributed by atoms with Gasteiger partial charge in [0.05, 0.1) is 0 Å². The Morgan fingerprint density at radius 1 is 1.22 bits per heavy atom. The molecule has 0 saturated carbocycles. The van der Waals surface area contributed by atoms with E-state index in [1.807, 2.05) is 11.0 Å². The molecule has 0 bridgehead atoms. The van der Waals surface area contributed by atoms with Crippen molar-refractivity contribution in [3.05, 3.63) is 35.9 Å². The predicted molar refractivity (Wildman–Crippen MR) is 73.6 cm³/mol. The van der Waals surface area contributed by atoms with Crippen molar-refractivity contribution in [2.45, 2.75) is 18.8 Å². The maximum atomic E-state index is 11.7. The Labute approximate surface area is 113 Å². The van der Waals surface area contributed by atoms with E-state index in [-0.39, 0.29) is 5.91 Å². The third-order valence-electron chi connectivity index (χ3n) is 3.27. The van der Waals surface area contributed by atoms with Gasteiger partial charge in [0, 0.05) is 32.7 Å². The van der Waals surface area contributed by atoms with Crippen LogP contribution in [0.15, 0.2) is 30.3 Å². The minimum absolute atomic E-state index is 0.0519. The minimum atomic E-state index is -0.411. The molecule has 1 aliphatic rings. The largest absolute Gasteiger partial charge is 0.339 e. The Hall–Kier alpha value is -1.06. The number of carbonyl (C=O) groups is 1. The highest BCUT2D eigenvalue weighted by Crippen LogP contribution is 2.10. The molecular weight excluding hydrogens is 248 g/mol. The molecule has 0 aliphatic carbocycles. The van der Waals surface area contributed by atoms with Gasteiger partial charge in [0.25, 0.3) is 0 Å². The molecule has 18 heavy (non-hydrogen) atoms. The average molecular weight is 267 g/mol. The van der Waals surface area contributed by atoms with Crippen LogP contribution in [0.5, 0.6) is 0 Å². The fraction of sp³-hybridized carbons (Fsp3) is 0.500. The van der Waals surface area contributed by atoms with Gasteiger partial charge in [-0.05, 0) is 12.5 Å². The lowest BCUT2D eigenvalue weighted by molar-refractivity contribution is -0.132. The lowest BCUT2D eigenvalue weighted by atomic mass is 10.2. The van der Waals surface area contributed by atoms with Crippen LogP contribution in [0, 0.1) is 0 Å². The third-order valence-corrected chi connectivity index (χ3v) is 3.46. The number of alkyl halides is 1. The van der Waals surface area contributed by atoms with Gasteiger partial charge in [-0.3, -0.25) is 9.69 Å². The highest BCUT2D eigenvalue weighted by atomic mass is 35.5. The van der Waals surface area contributed by atoms with Crippen molar-refractivity contribution < 1.29 is 4.79 Å². The van der Waals surface area contributed by atoms with E-state index in [1.165, 1.54) is 5.56 Å². The monoisotopic (exact) mass is 266 g/mol. The maximum Gasteiger partial charge on any atom is 0.240 e. The summed E-state index contributed by atoms with van der Waals surface area (Å²) in [5, 5.41) is -0.411. The third kappa shape index (κ3) is 3.47. The van der Waals surface area contributed by atoms with E-state index in [2.05, 4.69) is 29.2 Å². The Morgan fingerprint density at radius 2 is 1.83 bits per heavy atom. The molecule has 98 valence electrons. The molecule has 1 aromatic carbocycles. The van der Waals surface area contributed by atoms with E-state index >= 15 is 0 Å². The van der Waals surface area contributed by atoms with E-state index in [0.717, 1.165) is 32.7 Å². The summed E-state index contributed by atoms with van der Waals surface area (Å²) in [6, 6.07) is 10.4. The van der Waals surface area contributed by atoms with Gasteiger partial charge in [0.15, 0.2) is 0 Å². The molecule has 2 rings (SSSR count).